The summed E-state index contributed by atoms with van der Waals surface area (Å²) >= 11 is 0. The van der Waals surface area contributed by atoms with Gasteiger partial charge in [-0.2, -0.15) is 4.31 Å². The summed E-state index contributed by atoms with van der Waals surface area (Å²) in [6.45, 7) is 2.45. The third kappa shape index (κ3) is 5.11. The maximum absolute atomic E-state index is 13.1. The number of carbonyl (C=O) groups excluding carboxylic acids is 2. The van der Waals surface area contributed by atoms with Crippen LogP contribution in [-0.4, -0.2) is 69.0 Å². The van der Waals surface area contributed by atoms with Gasteiger partial charge in [0.15, 0.2) is 6.10 Å². The molecule has 0 radical (unpaired) electrons. The second-order valence-corrected chi connectivity index (χ2v) is 9.99. The largest absolute Gasteiger partial charge is 0.449 e. The number of likely N-dealkylation sites (N-methyl/N-ethyl adjacent to an activating group) is 1. The first-order valence-electron chi connectivity index (χ1n) is 11.0. The number of fused-ring (bicyclic) bond motifs is 1. The van der Waals surface area contributed by atoms with E-state index in [-0.39, 0.29) is 34.5 Å². The Bertz CT molecular complexity index is 1410. The average Bonchev–Trinajstić information content (AvgIpc) is 2.87. The van der Waals surface area contributed by atoms with E-state index in [1.165, 1.54) is 34.3 Å². The van der Waals surface area contributed by atoms with Gasteiger partial charge in [0.05, 0.1) is 23.7 Å². The molecule has 0 bridgehead atoms. The molecule has 1 atom stereocenters. The fourth-order valence-corrected chi connectivity index (χ4v) is 5.26. The third-order valence-corrected chi connectivity index (χ3v) is 7.64. The SMILES string of the molecule is CC(OC(=O)c1cc(=O)[nH]c2ccc(S(=O)(=O)N3CCOCC3)cc12)C(=O)N(C)c1ccccc1. The van der Waals surface area contributed by atoms with Crippen molar-refractivity contribution in [1.29, 1.82) is 0 Å². The van der Waals surface area contributed by atoms with Crippen LogP contribution >= 0.6 is 0 Å². The fourth-order valence-electron chi connectivity index (χ4n) is 3.82. The van der Waals surface area contributed by atoms with E-state index in [1.54, 1.807) is 31.3 Å². The number of pyridine rings is 1. The first kappa shape index (κ1) is 24.6. The van der Waals surface area contributed by atoms with E-state index in [4.69, 9.17) is 9.47 Å². The van der Waals surface area contributed by atoms with E-state index in [1.807, 2.05) is 6.07 Å². The van der Waals surface area contributed by atoms with Crippen LogP contribution < -0.4 is 10.5 Å². The molecule has 2 aromatic carbocycles. The van der Waals surface area contributed by atoms with Crippen LogP contribution in [0.2, 0.25) is 0 Å². The van der Waals surface area contributed by atoms with Crippen molar-refractivity contribution >= 4 is 38.5 Å². The Morgan fingerprint density at radius 2 is 1.77 bits per heavy atom. The Kier molecular flexibility index (Phi) is 7.01. The number of rotatable bonds is 6. The Labute approximate surface area is 202 Å². The van der Waals surface area contributed by atoms with Gasteiger partial charge < -0.3 is 19.4 Å². The van der Waals surface area contributed by atoms with Crippen molar-refractivity contribution in [2.24, 2.45) is 0 Å². The van der Waals surface area contributed by atoms with E-state index in [0.29, 0.717) is 18.9 Å². The number of hydrogen-bond donors (Lipinski definition) is 1. The van der Waals surface area contributed by atoms with Crippen molar-refractivity contribution in [2.75, 3.05) is 38.3 Å². The first-order chi connectivity index (χ1) is 16.7. The molecule has 184 valence electrons. The van der Waals surface area contributed by atoms with Gasteiger partial charge in [-0.15, -0.1) is 0 Å². The maximum Gasteiger partial charge on any atom is 0.339 e. The predicted molar refractivity (Wildman–Crippen MR) is 129 cm³/mol. The molecule has 0 saturated carbocycles. The lowest BCUT2D eigenvalue weighted by molar-refractivity contribution is -0.126. The smallest absolute Gasteiger partial charge is 0.339 e. The van der Waals surface area contributed by atoms with Gasteiger partial charge in [0.25, 0.3) is 5.91 Å². The summed E-state index contributed by atoms with van der Waals surface area (Å²) in [6, 6.07) is 14.0. The molecule has 2 heterocycles. The van der Waals surface area contributed by atoms with Crippen molar-refractivity contribution in [2.45, 2.75) is 17.9 Å². The van der Waals surface area contributed by atoms with Crippen LogP contribution in [0.5, 0.6) is 0 Å². The molecule has 4 rings (SSSR count). The van der Waals surface area contributed by atoms with Crippen LogP contribution in [0.4, 0.5) is 5.69 Å². The van der Waals surface area contributed by atoms with Crippen molar-refractivity contribution in [3.05, 3.63) is 70.5 Å². The Morgan fingerprint density at radius 1 is 1.09 bits per heavy atom. The highest BCUT2D eigenvalue weighted by atomic mass is 32.2. The van der Waals surface area contributed by atoms with Crippen LogP contribution in [0.25, 0.3) is 10.9 Å². The lowest BCUT2D eigenvalue weighted by atomic mass is 10.1. The number of aromatic amines is 1. The monoisotopic (exact) mass is 499 g/mol. The maximum atomic E-state index is 13.1. The zero-order valence-electron chi connectivity index (χ0n) is 19.3. The summed E-state index contributed by atoms with van der Waals surface area (Å²) in [5.41, 5.74) is 0.198. The van der Waals surface area contributed by atoms with E-state index >= 15 is 0 Å². The Morgan fingerprint density at radius 3 is 2.46 bits per heavy atom. The Hall–Kier alpha value is -3.54. The molecule has 1 saturated heterocycles. The fraction of sp³-hybridized carbons (Fsp3) is 0.292. The standard InChI is InChI=1S/C24H25N3O7S/c1-16(23(29)26(2)17-6-4-3-5-7-17)34-24(30)20-15-22(28)25-21-9-8-18(14-19(20)21)35(31,32)27-10-12-33-13-11-27/h3-9,14-16H,10-13H2,1-2H3,(H,25,28). The van der Waals surface area contributed by atoms with E-state index in [0.717, 1.165) is 6.07 Å². The third-order valence-electron chi connectivity index (χ3n) is 5.75. The Balaban J connectivity index is 1.63. The van der Waals surface area contributed by atoms with Crippen LogP contribution in [0, 0.1) is 0 Å². The zero-order valence-corrected chi connectivity index (χ0v) is 20.1. The summed E-state index contributed by atoms with van der Waals surface area (Å²) in [6.07, 6.45) is -1.15. The second-order valence-electron chi connectivity index (χ2n) is 8.05. The molecule has 10 nitrogen and oxygen atoms in total. The van der Waals surface area contributed by atoms with Crippen LogP contribution in [0.1, 0.15) is 17.3 Å². The minimum Gasteiger partial charge on any atom is -0.449 e. The molecule has 11 heteroatoms. The summed E-state index contributed by atoms with van der Waals surface area (Å²) in [7, 11) is -2.27. The van der Waals surface area contributed by atoms with Gasteiger partial charge in [0.1, 0.15) is 0 Å². The zero-order chi connectivity index (χ0) is 25.2. The minimum atomic E-state index is -3.84. The number of ether oxygens (including phenoxy) is 2. The molecule has 0 aliphatic carbocycles. The normalized spacial score (nSPS) is 15.5. The van der Waals surface area contributed by atoms with Crippen molar-refractivity contribution in [1.82, 2.24) is 9.29 Å². The molecule has 35 heavy (non-hydrogen) atoms. The average molecular weight is 500 g/mol. The summed E-state index contributed by atoms with van der Waals surface area (Å²) in [5, 5.41) is 0.194. The summed E-state index contributed by atoms with van der Waals surface area (Å²) in [5.74, 6) is -1.38. The lowest BCUT2D eigenvalue weighted by Crippen LogP contribution is -2.40. The topological polar surface area (TPSA) is 126 Å². The number of para-hydroxylation sites is 1. The molecular formula is C24H25N3O7S. The highest BCUT2D eigenvalue weighted by Gasteiger charge is 2.28. The van der Waals surface area contributed by atoms with Gasteiger partial charge in [-0.25, -0.2) is 13.2 Å². The molecule has 1 aromatic heterocycles. The van der Waals surface area contributed by atoms with Crippen LogP contribution in [0.15, 0.2) is 64.3 Å². The van der Waals surface area contributed by atoms with Crippen molar-refractivity contribution < 1.29 is 27.5 Å². The van der Waals surface area contributed by atoms with Crippen LogP contribution in [0.3, 0.4) is 0 Å². The van der Waals surface area contributed by atoms with E-state index < -0.39 is 33.6 Å². The number of nitrogens with zero attached hydrogens (tertiary/aromatic N) is 2. The number of esters is 1. The first-order valence-corrected chi connectivity index (χ1v) is 12.4. The molecule has 3 aromatic rings. The number of aromatic nitrogens is 1. The van der Waals surface area contributed by atoms with Gasteiger partial charge in [-0.3, -0.25) is 9.59 Å². The molecule has 1 unspecified atom stereocenters. The molecule has 1 aliphatic rings. The minimum absolute atomic E-state index is 0.0269. The number of benzene rings is 2. The number of carbonyl (C=O) groups is 2. The van der Waals surface area contributed by atoms with Gasteiger partial charge in [-0.05, 0) is 37.3 Å². The molecule has 1 N–H and O–H groups in total. The molecular weight excluding hydrogens is 474 g/mol. The lowest BCUT2D eigenvalue weighted by Gasteiger charge is -2.26. The summed E-state index contributed by atoms with van der Waals surface area (Å²) in [4.78, 5) is 41.9. The number of nitrogens with one attached hydrogen (secondary N) is 1. The van der Waals surface area contributed by atoms with Crippen molar-refractivity contribution in [3.63, 3.8) is 0 Å². The number of morpholine rings is 1. The predicted octanol–water partition coefficient (Wildman–Crippen LogP) is 1.76. The van der Waals surface area contributed by atoms with Crippen LogP contribution in [-0.2, 0) is 24.3 Å². The highest BCUT2D eigenvalue weighted by Crippen LogP contribution is 2.24. The van der Waals surface area contributed by atoms with Gasteiger partial charge in [0, 0.05) is 42.8 Å². The number of anilines is 1. The van der Waals surface area contributed by atoms with Gasteiger partial charge in [0.2, 0.25) is 15.6 Å². The number of H-pyrrole nitrogens is 1. The van der Waals surface area contributed by atoms with Crippen molar-refractivity contribution in [3.8, 4) is 0 Å². The molecule has 0 spiro atoms. The second kappa shape index (κ2) is 9.98. The van der Waals surface area contributed by atoms with E-state index in [2.05, 4.69) is 4.98 Å². The quantitative estimate of drug-likeness (QED) is 0.512. The summed E-state index contributed by atoms with van der Waals surface area (Å²) < 4.78 is 38.1. The highest BCUT2D eigenvalue weighted by molar-refractivity contribution is 7.89. The number of hydrogen-bond acceptors (Lipinski definition) is 7. The van der Waals surface area contributed by atoms with E-state index in [9.17, 15) is 22.8 Å². The molecule has 1 amide bonds. The number of amides is 1. The molecule has 1 aliphatic heterocycles. The molecule has 1 fully saturated rings. The van der Waals surface area contributed by atoms with Gasteiger partial charge in [-0.1, -0.05) is 18.2 Å². The van der Waals surface area contributed by atoms with Gasteiger partial charge >= 0.3 is 5.97 Å². The number of sulfonamides is 1.